The third-order valence-corrected chi connectivity index (χ3v) is 7.63. The van der Waals surface area contributed by atoms with E-state index in [0.29, 0.717) is 12.1 Å². The normalized spacial score (nSPS) is 21.6. The van der Waals surface area contributed by atoms with Crippen molar-refractivity contribution in [3.63, 3.8) is 0 Å². The summed E-state index contributed by atoms with van der Waals surface area (Å²) < 4.78 is 1.17. The molecule has 0 saturated carbocycles. The summed E-state index contributed by atoms with van der Waals surface area (Å²) in [6.45, 7) is 4.02. The van der Waals surface area contributed by atoms with Crippen LogP contribution in [-0.4, -0.2) is 46.2 Å². The summed E-state index contributed by atoms with van der Waals surface area (Å²) in [7, 11) is 0. The number of hydrogen-bond donors (Lipinski definition) is 0. The Morgan fingerprint density at radius 2 is 1.77 bits per heavy atom. The topological polar surface area (TPSA) is 53.5 Å². The van der Waals surface area contributed by atoms with Crippen LogP contribution in [0, 0.1) is 12.8 Å². The second kappa shape index (κ2) is 8.42. The monoisotopic (exact) mass is 433 g/mol. The van der Waals surface area contributed by atoms with Crippen molar-refractivity contribution in [2.45, 2.75) is 38.6 Å². The third-order valence-electron chi connectivity index (χ3n) is 6.49. The Balaban J connectivity index is 1.31. The largest absolute Gasteiger partial charge is 0.338 e. The number of para-hydroxylation sites is 1. The first kappa shape index (κ1) is 20.2. The maximum absolute atomic E-state index is 13.5. The lowest BCUT2D eigenvalue weighted by atomic mass is 9.95. The highest BCUT2D eigenvalue weighted by molar-refractivity contribution is 7.18. The van der Waals surface area contributed by atoms with Gasteiger partial charge in [-0.1, -0.05) is 29.8 Å². The molecule has 31 heavy (non-hydrogen) atoms. The number of piperidine rings is 1. The summed E-state index contributed by atoms with van der Waals surface area (Å²) in [5, 5.41) is 1.04. The first-order chi connectivity index (χ1) is 15.1. The summed E-state index contributed by atoms with van der Waals surface area (Å²) in [5.74, 6) is 0.0860. The van der Waals surface area contributed by atoms with E-state index < -0.39 is 0 Å². The summed E-state index contributed by atoms with van der Waals surface area (Å²) in [4.78, 5) is 35.2. The number of fused-ring (bicyclic) bond motifs is 1. The van der Waals surface area contributed by atoms with Gasteiger partial charge in [0.25, 0.3) is 5.91 Å². The molecule has 0 spiro atoms. The average molecular weight is 434 g/mol. The molecule has 6 heteroatoms. The lowest BCUT2D eigenvalue weighted by molar-refractivity contribution is -0.137. The van der Waals surface area contributed by atoms with E-state index in [1.165, 1.54) is 4.70 Å². The number of carbonyl (C=O) groups excluding carboxylic acids is 2. The maximum Gasteiger partial charge on any atom is 0.253 e. The maximum atomic E-state index is 13.5. The molecule has 0 N–H and O–H groups in total. The van der Waals surface area contributed by atoms with Crippen LogP contribution in [0.25, 0.3) is 10.2 Å². The molecular weight excluding hydrogens is 406 g/mol. The fourth-order valence-electron chi connectivity index (χ4n) is 4.80. The Morgan fingerprint density at radius 1 is 1.00 bits per heavy atom. The summed E-state index contributed by atoms with van der Waals surface area (Å²) in [6, 6.07) is 15.9. The molecule has 2 unspecified atom stereocenters. The minimum absolute atomic E-state index is 0.0293. The molecule has 2 aliphatic heterocycles. The SMILES string of the molecule is Cc1ccc(C(=O)N2CCCC(C(=O)N3CCCC3c3nc4ccccc4s3)C2)cc1. The predicted molar refractivity (Wildman–Crippen MR) is 123 cm³/mol. The number of likely N-dealkylation sites (tertiary alicyclic amines) is 2. The summed E-state index contributed by atoms with van der Waals surface area (Å²) in [6.07, 6.45) is 3.68. The van der Waals surface area contributed by atoms with Crippen LogP contribution in [0.2, 0.25) is 0 Å². The number of amides is 2. The molecular formula is C25H27N3O2S. The third kappa shape index (κ3) is 3.97. The predicted octanol–water partition coefficient (Wildman–Crippen LogP) is 4.82. The smallest absolute Gasteiger partial charge is 0.253 e. The van der Waals surface area contributed by atoms with Crippen LogP contribution in [-0.2, 0) is 4.79 Å². The van der Waals surface area contributed by atoms with Gasteiger partial charge in [-0.15, -0.1) is 11.3 Å². The van der Waals surface area contributed by atoms with Crippen LogP contribution in [0.1, 0.15) is 52.7 Å². The van der Waals surface area contributed by atoms with Gasteiger partial charge in [0.05, 0.1) is 22.2 Å². The van der Waals surface area contributed by atoms with E-state index in [-0.39, 0.29) is 23.8 Å². The molecule has 2 amide bonds. The fraction of sp³-hybridized carbons (Fsp3) is 0.400. The van der Waals surface area contributed by atoms with Gasteiger partial charge in [-0.05, 0) is 56.9 Å². The number of nitrogens with zero attached hydrogens (tertiary/aromatic N) is 3. The summed E-state index contributed by atoms with van der Waals surface area (Å²) in [5.41, 5.74) is 2.85. The van der Waals surface area contributed by atoms with Crippen molar-refractivity contribution in [1.82, 2.24) is 14.8 Å². The lowest BCUT2D eigenvalue weighted by Gasteiger charge is -2.35. The van der Waals surface area contributed by atoms with Crippen molar-refractivity contribution in [2.24, 2.45) is 5.92 Å². The number of hydrogen-bond acceptors (Lipinski definition) is 4. The Kier molecular flexibility index (Phi) is 5.48. The van der Waals surface area contributed by atoms with Crippen molar-refractivity contribution in [3.05, 3.63) is 64.7 Å². The van der Waals surface area contributed by atoms with E-state index in [1.54, 1.807) is 11.3 Å². The molecule has 3 heterocycles. The number of aryl methyl sites for hydroxylation is 1. The van der Waals surface area contributed by atoms with E-state index in [2.05, 4.69) is 6.07 Å². The molecule has 0 aliphatic carbocycles. The van der Waals surface area contributed by atoms with E-state index in [0.717, 1.165) is 54.9 Å². The molecule has 2 atom stereocenters. The van der Waals surface area contributed by atoms with Gasteiger partial charge in [-0.25, -0.2) is 4.98 Å². The number of aromatic nitrogens is 1. The zero-order valence-corrected chi connectivity index (χ0v) is 18.6. The lowest BCUT2D eigenvalue weighted by Crippen LogP contribution is -2.46. The van der Waals surface area contributed by atoms with Gasteiger partial charge >= 0.3 is 0 Å². The number of rotatable bonds is 3. The Hall–Kier alpha value is -2.73. The van der Waals surface area contributed by atoms with Gasteiger partial charge in [-0.2, -0.15) is 0 Å². The molecule has 2 fully saturated rings. The highest BCUT2D eigenvalue weighted by Crippen LogP contribution is 2.38. The van der Waals surface area contributed by atoms with Gasteiger partial charge in [0.2, 0.25) is 5.91 Å². The molecule has 2 aromatic carbocycles. The first-order valence-corrected chi connectivity index (χ1v) is 11.9. The summed E-state index contributed by atoms with van der Waals surface area (Å²) >= 11 is 1.70. The van der Waals surface area contributed by atoms with Crippen LogP contribution in [0.3, 0.4) is 0 Å². The van der Waals surface area contributed by atoms with E-state index in [9.17, 15) is 9.59 Å². The molecule has 1 aromatic heterocycles. The van der Waals surface area contributed by atoms with E-state index in [4.69, 9.17) is 4.98 Å². The molecule has 0 bridgehead atoms. The van der Waals surface area contributed by atoms with Crippen molar-refractivity contribution in [1.29, 1.82) is 0 Å². The number of benzene rings is 2. The molecule has 3 aromatic rings. The quantitative estimate of drug-likeness (QED) is 0.595. The Bertz CT molecular complexity index is 1070. The fourth-order valence-corrected chi connectivity index (χ4v) is 5.91. The highest BCUT2D eigenvalue weighted by atomic mass is 32.1. The molecule has 160 valence electrons. The molecule has 2 saturated heterocycles. The van der Waals surface area contributed by atoms with Crippen molar-refractivity contribution in [2.75, 3.05) is 19.6 Å². The van der Waals surface area contributed by atoms with Crippen LogP contribution < -0.4 is 0 Å². The van der Waals surface area contributed by atoms with E-state index in [1.807, 2.05) is 59.2 Å². The zero-order valence-electron chi connectivity index (χ0n) is 17.8. The van der Waals surface area contributed by atoms with Gasteiger partial charge in [0.15, 0.2) is 0 Å². The Morgan fingerprint density at radius 3 is 2.58 bits per heavy atom. The zero-order chi connectivity index (χ0) is 21.4. The second-order valence-corrected chi connectivity index (χ2v) is 9.73. The number of thiazole rings is 1. The van der Waals surface area contributed by atoms with Crippen LogP contribution in [0.4, 0.5) is 0 Å². The van der Waals surface area contributed by atoms with Crippen molar-refractivity contribution < 1.29 is 9.59 Å². The van der Waals surface area contributed by atoms with E-state index >= 15 is 0 Å². The van der Waals surface area contributed by atoms with Crippen LogP contribution in [0.5, 0.6) is 0 Å². The van der Waals surface area contributed by atoms with Gasteiger partial charge in [0.1, 0.15) is 5.01 Å². The highest BCUT2D eigenvalue weighted by Gasteiger charge is 2.38. The standard InChI is InChI=1S/C25H27N3O2S/c1-17-10-12-18(13-11-17)24(29)27-14-4-6-19(16-27)25(30)28-15-5-8-21(28)23-26-20-7-2-3-9-22(20)31-23/h2-3,7,9-13,19,21H,4-6,8,14-16H2,1H3. The van der Waals surface area contributed by atoms with Crippen LogP contribution >= 0.6 is 11.3 Å². The molecule has 5 rings (SSSR count). The van der Waals surface area contributed by atoms with Gasteiger partial charge in [0, 0.05) is 25.2 Å². The minimum atomic E-state index is -0.127. The molecule has 5 nitrogen and oxygen atoms in total. The Labute approximate surface area is 186 Å². The number of carbonyl (C=O) groups is 2. The van der Waals surface area contributed by atoms with Crippen molar-refractivity contribution >= 4 is 33.4 Å². The minimum Gasteiger partial charge on any atom is -0.338 e. The second-order valence-electron chi connectivity index (χ2n) is 8.67. The first-order valence-electron chi connectivity index (χ1n) is 11.1. The van der Waals surface area contributed by atoms with Crippen LogP contribution in [0.15, 0.2) is 48.5 Å². The molecule has 0 radical (unpaired) electrons. The van der Waals surface area contributed by atoms with Crippen molar-refractivity contribution in [3.8, 4) is 0 Å². The molecule has 2 aliphatic rings. The van der Waals surface area contributed by atoms with Gasteiger partial charge < -0.3 is 9.80 Å². The average Bonchev–Trinajstić information content (AvgIpc) is 3.45. The van der Waals surface area contributed by atoms with Gasteiger partial charge in [-0.3, -0.25) is 9.59 Å².